The van der Waals surface area contributed by atoms with Crippen LogP contribution in [-0.4, -0.2) is 31.1 Å². The van der Waals surface area contributed by atoms with Gasteiger partial charge in [-0.1, -0.05) is 53.6 Å². The van der Waals surface area contributed by atoms with E-state index in [-0.39, 0.29) is 11.5 Å². The Morgan fingerprint density at radius 1 is 1.00 bits per heavy atom. The van der Waals surface area contributed by atoms with Crippen LogP contribution in [-0.2, 0) is 0 Å². The monoisotopic (exact) mass is 361 g/mol. The molecule has 26 heavy (non-hydrogen) atoms. The number of carbonyl (C=O) groups is 1. The van der Waals surface area contributed by atoms with Crippen molar-refractivity contribution in [3.63, 3.8) is 0 Å². The van der Waals surface area contributed by atoms with E-state index < -0.39 is 12.1 Å². The molecule has 1 unspecified atom stereocenters. The highest BCUT2D eigenvalue weighted by molar-refractivity contribution is 5.94. The SMILES string of the molecule is Cc1cc(C)cc(C(/C=C/c2ccc(C(=O)N(C)C)cc2)C(F)(F)F)c1. The molecule has 138 valence electrons. The average molecular weight is 361 g/mol. The van der Waals surface area contributed by atoms with Gasteiger partial charge in [-0.3, -0.25) is 4.79 Å². The molecule has 2 nitrogen and oxygen atoms in total. The molecule has 2 aromatic rings. The summed E-state index contributed by atoms with van der Waals surface area (Å²) < 4.78 is 40.6. The molecule has 0 aliphatic heterocycles. The molecule has 1 amide bonds. The molecule has 0 saturated carbocycles. The Hall–Kier alpha value is -2.56. The molecule has 0 radical (unpaired) electrons. The summed E-state index contributed by atoms with van der Waals surface area (Å²) in [5.74, 6) is -1.83. The largest absolute Gasteiger partial charge is 0.399 e. The van der Waals surface area contributed by atoms with Gasteiger partial charge in [0, 0.05) is 19.7 Å². The van der Waals surface area contributed by atoms with Gasteiger partial charge in [-0.15, -0.1) is 0 Å². The maximum Gasteiger partial charge on any atom is 0.399 e. The minimum absolute atomic E-state index is 0.149. The smallest absolute Gasteiger partial charge is 0.345 e. The van der Waals surface area contributed by atoms with E-state index >= 15 is 0 Å². The first kappa shape index (κ1) is 19.8. The number of hydrogen-bond donors (Lipinski definition) is 0. The zero-order valence-electron chi connectivity index (χ0n) is 15.3. The van der Waals surface area contributed by atoms with E-state index in [1.165, 1.54) is 11.0 Å². The van der Waals surface area contributed by atoms with Gasteiger partial charge in [0.2, 0.25) is 0 Å². The molecule has 0 spiro atoms. The molecular weight excluding hydrogens is 339 g/mol. The summed E-state index contributed by atoms with van der Waals surface area (Å²) >= 11 is 0. The van der Waals surface area contributed by atoms with E-state index in [4.69, 9.17) is 0 Å². The first-order chi connectivity index (χ1) is 12.1. The summed E-state index contributed by atoms with van der Waals surface area (Å²) in [6.07, 6.45) is -1.77. The average Bonchev–Trinajstić information content (AvgIpc) is 2.52. The molecule has 0 saturated heterocycles. The molecule has 0 aromatic heterocycles. The second-order valence-electron chi connectivity index (χ2n) is 6.62. The number of rotatable bonds is 4. The number of aryl methyl sites for hydroxylation is 2. The lowest BCUT2D eigenvalue weighted by molar-refractivity contribution is -0.139. The van der Waals surface area contributed by atoms with Gasteiger partial charge in [0.15, 0.2) is 0 Å². The number of alkyl halides is 3. The third kappa shape index (κ3) is 4.97. The minimum Gasteiger partial charge on any atom is -0.345 e. The maximum absolute atomic E-state index is 13.5. The van der Waals surface area contributed by atoms with E-state index in [9.17, 15) is 18.0 Å². The fourth-order valence-corrected chi connectivity index (χ4v) is 2.80. The predicted octanol–water partition coefficient (Wildman–Crippen LogP) is 5.36. The molecule has 1 atom stereocenters. The molecule has 2 aromatic carbocycles. The van der Waals surface area contributed by atoms with Gasteiger partial charge in [-0.25, -0.2) is 0 Å². The standard InChI is InChI=1S/C21H22F3NO/c1-14-11-15(2)13-18(12-14)19(21(22,23)24)10-7-16-5-8-17(9-6-16)20(26)25(3)4/h5-13,19H,1-4H3/b10-7+. The summed E-state index contributed by atoms with van der Waals surface area (Å²) in [5.41, 5.74) is 2.93. The quantitative estimate of drug-likeness (QED) is 0.717. The summed E-state index contributed by atoms with van der Waals surface area (Å²) in [6, 6.07) is 11.5. The van der Waals surface area contributed by atoms with Crippen LogP contribution in [0.4, 0.5) is 13.2 Å². The molecule has 5 heteroatoms. The Kier molecular flexibility index (Phi) is 5.90. The van der Waals surface area contributed by atoms with Gasteiger partial charge in [0.25, 0.3) is 5.91 Å². The molecule has 2 rings (SSSR count). The van der Waals surface area contributed by atoms with E-state index in [2.05, 4.69) is 0 Å². The lowest BCUT2D eigenvalue weighted by atomic mass is 9.94. The van der Waals surface area contributed by atoms with Crippen LogP contribution in [0.1, 0.15) is 38.5 Å². The fraction of sp³-hybridized carbons (Fsp3) is 0.286. The normalized spacial score (nSPS) is 13.0. The van der Waals surface area contributed by atoms with Crippen molar-refractivity contribution < 1.29 is 18.0 Å². The number of allylic oxidation sites excluding steroid dienone is 1. The van der Waals surface area contributed by atoms with E-state index in [1.54, 1.807) is 64.3 Å². The van der Waals surface area contributed by atoms with Gasteiger partial charge in [-0.05, 0) is 37.1 Å². The van der Waals surface area contributed by atoms with Crippen molar-refractivity contribution in [2.45, 2.75) is 25.9 Å². The maximum atomic E-state index is 13.5. The van der Waals surface area contributed by atoms with Gasteiger partial charge >= 0.3 is 6.18 Å². The van der Waals surface area contributed by atoms with E-state index in [0.29, 0.717) is 11.1 Å². The summed E-state index contributed by atoms with van der Waals surface area (Å²) in [4.78, 5) is 13.3. The Morgan fingerprint density at radius 2 is 1.54 bits per heavy atom. The number of benzene rings is 2. The van der Waals surface area contributed by atoms with Gasteiger partial charge in [0.1, 0.15) is 0 Å². The first-order valence-corrected chi connectivity index (χ1v) is 8.23. The van der Waals surface area contributed by atoms with Crippen LogP contribution >= 0.6 is 0 Å². The van der Waals surface area contributed by atoms with Gasteiger partial charge < -0.3 is 4.90 Å². The fourth-order valence-electron chi connectivity index (χ4n) is 2.80. The number of amides is 1. The van der Waals surface area contributed by atoms with Crippen molar-refractivity contribution in [3.8, 4) is 0 Å². The predicted molar refractivity (Wildman–Crippen MR) is 98.2 cm³/mol. The molecule has 0 bridgehead atoms. The van der Waals surface area contributed by atoms with E-state index in [0.717, 1.165) is 17.2 Å². The zero-order chi connectivity index (χ0) is 19.5. The Morgan fingerprint density at radius 3 is 2.00 bits per heavy atom. The first-order valence-electron chi connectivity index (χ1n) is 8.23. The Balaban J connectivity index is 2.30. The van der Waals surface area contributed by atoms with Crippen LogP contribution in [0.25, 0.3) is 6.08 Å². The van der Waals surface area contributed by atoms with E-state index in [1.807, 2.05) is 6.07 Å². The number of hydrogen-bond acceptors (Lipinski definition) is 1. The third-order valence-electron chi connectivity index (χ3n) is 4.00. The summed E-state index contributed by atoms with van der Waals surface area (Å²) in [5, 5.41) is 0. The number of carbonyl (C=O) groups excluding carboxylic acids is 1. The number of nitrogens with zero attached hydrogens (tertiary/aromatic N) is 1. The van der Waals surface area contributed by atoms with Crippen molar-refractivity contribution in [1.82, 2.24) is 4.90 Å². The van der Waals surface area contributed by atoms with Crippen molar-refractivity contribution in [2.75, 3.05) is 14.1 Å². The molecule has 0 aliphatic rings. The lowest BCUT2D eigenvalue weighted by Gasteiger charge is -2.18. The minimum atomic E-state index is -4.38. The molecule has 0 N–H and O–H groups in total. The topological polar surface area (TPSA) is 20.3 Å². The van der Waals surface area contributed by atoms with Crippen molar-refractivity contribution >= 4 is 12.0 Å². The van der Waals surface area contributed by atoms with Gasteiger partial charge in [0.05, 0.1) is 5.92 Å². The van der Waals surface area contributed by atoms with Gasteiger partial charge in [-0.2, -0.15) is 13.2 Å². The molecule has 0 aliphatic carbocycles. The Labute approximate surface area is 152 Å². The highest BCUT2D eigenvalue weighted by Gasteiger charge is 2.39. The lowest BCUT2D eigenvalue weighted by Crippen LogP contribution is -2.21. The summed E-state index contributed by atoms with van der Waals surface area (Å²) in [6.45, 7) is 3.57. The summed E-state index contributed by atoms with van der Waals surface area (Å²) in [7, 11) is 3.29. The second-order valence-corrected chi connectivity index (χ2v) is 6.62. The van der Waals surface area contributed by atoms with Crippen molar-refractivity contribution in [1.29, 1.82) is 0 Å². The highest BCUT2D eigenvalue weighted by Crippen LogP contribution is 2.37. The Bertz CT molecular complexity index is 785. The van der Waals surface area contributed by atoms with Crippen LogP contribution in [0, 0.1) is 13.8 Å². The van der Waals surface area contributed by atoms with Crippen molar-refractivity contribution in [2.24, 2.45) is 0 Å². The third-order valence-corrected chi connectivity index (χ3v) is 4.00. The van der Waals surface area contributed by atoms with Crippen LogP contribution in [0.15, 0.2) is 48.5 Å². The van der Waals surface area contributed by atoms with Crippen LogP contribution in [0.3, 0.4) is 0 Å². The van der Waals surface area contributed by atoms with Crippen LogP contribution in [0.5, 0.6) is 0 Å². The van der Waals surface area contributed by atoms with Crippen LogP contribution in [0.2, 0.25) is 0 Å². The van der Waals surface area contributed by atoms with Crippen LogP contribution < -0.4 is 0 Å². The molecular formula is C21H22F3NO. The second kappa shape index (κ2) is 7.77. The molecule has 0 fully saturated rings. The number of halogens is 3. The zero-order valence-corrected chi connectivity index (χ0v) is 15.3. The van der Waals surface area contributed by atoms with Crippen molar-refractivity contribution in [3.05, 3.63) is 76.4 Å². The molecule has 0 heterocycles. The highest BCUT2D eigenvalue weighted by atomic mass is 19.4.